The van der Waals surface area contributed by atoms with Crippen LogP contribution in [0.15, 0.2) is 34.7 Å². The fourth-order valence-electron chi connectivity index (χ4n) is 2.32. The summed E-state index contributed by atoms with van der Waals surface area (Å²) in [5, 5.41) is 0.740. The van der Waals surface area contributed by atoms with Gasteiger partial charge >= 0.3 is 0 Å². The highest BCUT2D eigenvalue weighted by Gasteiger charge is 2.26. The number of aromatic amines is 1. The van der Waals surface area contributed by atoms with Crippen molar-refractivity contribution in [1.29, 1.82) is 0 Å². The van der Waals surface area contributed by atoms with Gasteiger partial charge in [-0.15, -0.1) is 0 Å². The number of H-pyrrole nitrogens is 1. The molecule has 5 heteroatoms. The van der Waals surface area contributed by atoms with E-state index in [-0.39, 0.29) is 11.4 Å². The number of hydrogen-bond donors (Lipinski definition) is 1. The second-order valence-electron chi connectivity index (χ2n) is 5.06. The molecule has 2 aromatic heterocycles. The Kier molecular flexibility index (Phi) is 2.50. The van der Waals surface area contributed by atoms with Crippen molar-refractivity contribution in [3.8, 4) is 11.5 Å². The fraction of sp³-hybridized carbons (Fsp3) is 0.200. The number of nitrogens with zero attached hydrogens (tertiary/aromatic N) is 1. The van der Waals surface area contributed by atoms with Gasteiger partial charge in [-0.25, -0.2) is 9.37 Å². The molecular weight excluding hydrogens is 275 g/mol. The average molecular weight is 286 g/mol. The molecule has 1 N–H and O–H groups in total. The Hall–Kier alpha value is -2.01. The smallest absolute Gasteiger partial charge is 0.170 e. The Morgan fingerprint density at radius 3 is 2.90 bits per heavy atom. The minimum Gasteiger partial charge on any atom is -0.451 e. The number of aromatic nitrogens is 2. The van der Waals surface area contributed by atoms with Gasteiger partial charge in [-0.2, -0.15) is 0 Å². The molecule has 0 amide bonds. The van der Waals surface area contributed by atoms with E-state index in [0.29, 0.717) is 16.3 Å². The van der Waals surface area contributed by atoms with Crippen LogP contribution in [0.1, 0.15) is 24.6 Å². The molecule has 0 atom stereocenters. The van der Waals surface area contributed by atoms with E-state index in [9.17, 15) is 4.39 Å². The molecule has 3 nitrogen and oxygen atoms in total. The van der Waals surface area contributed by atoms with Gasteiger partial charge in [0.25, 0.3) is 0 Å². The minimum atomic E-state index is -0.358. The molecule has 0 unspecified atom stereocenters. The van der Waals surface area contributed by atoms with E-state index in [2.05, 4.69) is 9.97 Å². The predicted octanol–water partition coefficient (Wildman–Crippen LogP) is 4.57. The molecule has 0 radical (unpaired) electrons. The first-order valence-corrected chi connectivity index (χ1v) is 6.91. The maximum atomic E-state index is 13.7. The van der Waals surface area contributed by atoms with Gasteiger partial charge in [0, 0.05) is 17.4 Å². The summed E-state index contributed by atoms with van der Waals surface area (Å²) in [6.45, 7) is 0. The maximum Gasteiger partial charge on any atom is 0.170 e. The van der Waals surface area contributed by atoms with Crippen molar-refractivity contribution in [2.45, 2.75) is 18.8 Å². The van der Waals surface area contributed by atoms with Crippen LogP contribution >= 0.6 is 12.2 Å². The van der Waals surface area contributed by atoms with E-state index in [1.54, 1.807) is 12.1 Å². The lowest BCUT2D eigenvalue weighted by Gasteiger charge is -2.02. The highest BCUT2D eigenvalue weighted by atomic mass is 32.1. The molecular formula is C15H11FN2OS. The zero-order valence-corrected chi connectivity index (χ0v) is 11.3. The third-order valence-electron chi connectivity index (χ3n) is 3.49. The molecule has 0 bridgehead atoms. The first kappa shape index (κ1) is 11.8. The molecule has 1 saturated carbocycles. The summed E-state index contributed by atoms with van der Waals surface area (Å²) in [6, 6.07) is 8.44. The van der Waals surface area contributed by atoms with Crippen LogP contribution in [0.25, 0.3) is 22.4 Å². The van der Waals surface area contributed by atoms with Crippen molar-refractivity contribution in [3.63, 3.8) is 0 Å². The molecule has 1 aromatic carbocycles. The van der Waals surface area contributed by atoms with Gasteiger partial charge in [0.15, 0.2) is 17.2 Å². The van der Waals surface area contributed by atoms with Crippen LogP contribution in [-0.2, 0) is 0 Å². The molecule has 0 aliphatic heterocycles. The summed E-state index contributed by atoms with van der Waals surface area (Å²) < 4.78 is 19.8. The SMILES string of the molecule is Fc1cccc2cc(-c3cc(=S)nc(C4CC4)[nH]3)oc12. The largest absolute Gasteiger partial charge is 0.451 e. The molecule has 1 fully saturated rings. The van der Waals surface area contributed by atoms with Crippen LogP contribution < -0.4 is 0 Å². The quantitative estimate of drug-likeness (QED) is 0.702. The van der Waals surface area contributed by atoms with Crippen molar-refractivity contribution in [3.05, 3.63) is 46.6 Å². The average Bonchev–Trinajstić information content (AvgIpc) is 3.18. The van der Waals surface area contributed by atoms with Crippen molar-refractivity contribution < 1.29 is 8.81 Å². The molecule has 20 heavy (non-hydrogen) atoms. The van der Waals surface area contributed by atoms with Gasteiger partial charge in [-0.3, -0.25) is 0 Å². The van der Waals surface area contributed by atoms with Crippen LogP contribution in [0, 0.1) is 10.5 Å². The summed E-state index contributed by atoms with van der Waals surface area (Å²) >= 11 is 5.19. The standard InChI is InChI=1S/C15H11FN2OS/c16-10-3-1-2-9-6-12(19-14(9)10)11-7-13(20)18-15(17-11)8-4-5-8/h1-3,6-8H,4-5H2,(H,17,18,20). The van der Waals surface area contributed by atoms with E-state index in [4.69, 9.17) is 16.6 Å². The molecule has 1 aliphatic rings. The Morgan fingerprint density at radius 2 is 2.15 bits per heavy atom. The summed E-state index contributed by atoms with van der Waals surface area (Å²) in [5.41, 5.74) is 1.02. The maximum absolute atomic E-state index is 13.7. The number of furan rings is 1. The van der Waals surface area contributed by atoms with Crippen LogP contribution in [0.5, 0.6) is 0 Å². The summed E-state index contributed by atoms with van der Waals surface area (Å²) in [5.74, 6) is 1.59. The van der Waals surface area contributed by atoms with Crippen LogP contribution in [-0.4, -0.2) is 9.97 Å². The third-order valence-corrected chi connectivity index (χ3v) is 3.70. The zero-order chi connectivity index (χ0) is 13.7. The van der Waals surface area contributed by atoms with E-state index in [1.165, 1.54) is 6.07 Å². The minimum absolute atomic E-state index is 0.270. The lowest BCUT2D eigenvalue weighted by Crippen LogP contribution is -1.94. The molecule has 2 heterocycles. The van der Waals surface area contributed by atoms with E-state index >= 15 is 0 Å². The number of halogens is 1. The Balaban J connectivity index is 1.90. The van der Waals surface area contributed by atoms with Crippen LogP contribution in [0.2, 0.25) is 0 Å². The van der Waals surface area contributed by atoms with E-state index < -0.39 is 0 Å². The molecule has 1 aliphatic carbocycles. The second kappa shape index (κ2) is 4.24. The number of rotatable bonds is 2. The third kappa shape index (κ3) is 1.94. The number of para-hydroxylation sites is 1. The topological polar surface area (TPSA) is 41.8 Å². The Morgan fingerprint density at radius 1 is 1.30 bits per heavy atom. The van der Waals surface area contributed by atoms with Gasteiger partial charge in [0.2, 0.25) is 0 Å². The molecule has 0 saturated heterocycles. The van der Waals surface area contributed by atoms with Gasteiger partial charge in [-0.1, -0.05) is 24.4 Å². The monoisotopic (exact) mass is 286 g/mol. The first-order valence-electron chi connectivity index (χ1n) is 6.50. The predicted molar refractivity (Wildman–Crippen MR) is 76.6 cm³/mol. The zero-order valence-electron chi connectivity index (χ0n) is 10.5. The Labute approximate surface area is 119 Å². The van der Waals surface area contributed by atoms with Gasteiger partial charge in [-0.05, 0) is 25.0 Å². The fourth-order valence-corrected chi connectivity index (χ4v) is 2.54. The second-order valence-corrected chi connectivity index (χ2v) is 5.48. The number of hydrogen-bond acceptors (Lipinski definition) is 3. The molecule has 4 rings (SSSR count). The molecule has 3 aromatic rings. The number of nitrogens with one attached hydrogen (secondary N) is 1. The first-order chi connectivity index (χ1) is 9.70. The Bertz CT molecular complexity index is 864. The van der Waals surface area contributed by atoms with Crippen molar-refractivity contribution in [1.82, 2.24) is 9.97 Å². The normalized spacial score (nSPS) is 14.8. The van der Waals surface area contributed by atoms with Crippen LogP contribution in [0.3, 0.4) is 0 Å². The van der Waals surface area contributed by atoms with Crippen molar-refractivity contribution >= 4 is 23.2 Å². The molecule has 100 valence electrons. The van der Waals surface area contributed by atoms with Crippen LogP contribution in [0.4, 0.5) is 4.39 Å². The lowest BCUT2D eigenvalue weighted by molar-refractivity contribution is 0.567. The molecule has 0 spiro atoms. The number of benzene rings is 1. The summed E-state index contributed by atoms with van der Waals surface area (Å²) in [7, 11) is 0. The summed E-state index contributed by atoms with van der Waals surface area (Å²) in [4.78, 5) is 7.59. The van der Waals surface area contributed by atoms with E-state index in [0.717, 1.165) is 29.7 Å². The van der Waals surface area contributed by atoms with Crippen molar-refractivity contribution in [2.75, 3.05) is 0 Å². The highest BCUT2D eigenvalue weighted by Crippen LogP contribution is 2.38. The lowest BCUT2D eigenvalue weighted by atomic mass is 10.2. The van der Waals surface area contributed by atoms with Gasteiger partial charge in [0.05, 0.1) is 5.69 Å². The highest BCUT2D eigenvalue weighted by molar-refractivity contribution is 7.71. The van der Waals surface area contributed by atoms with E-state index in [1.807, 2.05) is 12.1 Å². The van der Waals surface area contributed by atoms with Gasteiger partial charge in [0.1, 0.15) is 10.5 Å². The summed E-state index contributed by atoms with van der Waals surface area (Å²) in [6.07, 6.45) is 2.27. The van der Waals surface area contributed by atoms with Crippen molar-refractivity contribution in [2.24, 2.45) is 0 Å². The van der Waals surface area contributed by atoms with Gasteiger partial charge < -0.3 is 9.40 Å². The number of fused-ring (bicyclic) bond motifs is 1.